The summed E-state index contributed by atoms with van der Waals surface area (Å²) in [5.41, 5.74) is 3.96. The molecule has 1 saturated heterocycles. The Morgan fingerprint density at radius 2 is 1.62 bits per heavy atom. The lowest BCUT2D eigenvalue weighted by molar-refractivity contribution is -0.384. The summed E-state index contributed by atoms with van der Waals surface area (Å²) in [5, 5.41) is 21.1. The summed E-state index contributed by atoms with van der Waals surface area (Å²) >= 11 is 0. The van der Waals surface area contributed by atoms with Crippen molar-refractivity contribution in [3.8, 4) is 0 Å². The fraction of sp³-hybridized carbons (Fsp3) is 0.200. The number of amides is 1. The zero-order valence-electron chi connectivity index (χ0n) is 25.6. The van der Waals surface area contributed by atoms with Crippen LogP contribution in [0.1, 0.15) is 32.0 Å². The van der Waals surface area contributed by atoms with Crippen LogP contribution in [0.4, 0.5) is 17.1 Å². The average molecular weight is 653 g/mol. The van der Waals surface area contributed by atoms with E-state index in [9.17, 15) is 29.0 Å². The number of para-hydroxylation sites is 2. The summed E-state index contributed by atoms with van der Waals surface area (Å²) in [6.07, 6.45) is 0.634. The predicted molar refractivity (Wildman–Crippen MR) is 179 cm³/mol. The number of benzene rings is 4. The lowest BCUT2D eigenvalue weighted by atomic mass is 10.1. The maximum atomic E-state index is 14.4. The molecular formula is C35H32N4O7S. The molecule has 0 bridgehead atoms. The van der Waals surface area contributed by atoms with Crippen molar-refractivity contribution in [2.75, 3.05) is 41.9 Å². The molecule has 11 nitrogen and oxygen atoms in total. The van der Waals surface area contributed by atoms with Crippen molar-refractivity contribution in [3.05, 3.63) is 130 Å². The van der Waals surface area contributed by atoms with Gasteiger partial charge in [-0.2, -0.15) is 0 Å². The van der Waals surface area contributed by atoms with Crippen LogP contribution in [-0.2, 0) is 17.4 Å². The minimum absolute atomic E-state index is 0.0676. The molecular weight excluding hydrogens is 620 g/mol. The van der Waals surface area contributed by atoms with Gasteiger partial charge in [-0.15, -0.1) is 0 Å². The number of rotatable bonds is 10. The third kappa shape index (κ3) is 6.59. The van der Waals surface area contributed by atoms with Gasteiger partial charge >= 0.3 is 5.97 Å². The van der Waals surface area contributed by atoms with E-state index >= 15 is 0 Å². The van der Waals surface area contributed by atoms with Gasteiger partial charge in [0.25, 0.3) is 11.6 Å². The molecule has 0 spiro atoms. The summed E-state index contributed by atoms with van der Waals surface area (Å²) in [5.74, 6) is -1.48. The first-order valence-electron chi connectivity index (χ1n) is 15.1. The van der Waals surface area contributed by atoms with Crippen LogP contribution < -0.4 is 9.21 Å². The zero-order chi connectivity index (χ0) is 33.1. The molecule has 1 aliphatic rings. The Kier molecular flexibility index (Phi) is 9.03. The van der Waals surface area contributed by atoms with Crippen LogP contribution in [0.25, 0.3) is 11.0 Å². The van der Waals surface area contributed by atoms with Crippen LogP contribution >= 0.6 is 0 Å². The van der Waals surface area contributed by atoms with E-state index in [1.54, 1.807) is 30.0 Å². The maximum absolute atomic E-state index is 14.4. The number of furan rings is 1. The second-order valence-electron chi connectivity index (χ2n) is 11.2. The highest BCUT2D eigenvalue weighted by atomic mass is 32.2. The van der Waals surface area contributed by atoms with Gasteiger partial charge in [-0.05, 0) is 61.4 Å². The second-order valence-corrected chi connectivity index (χ2v) is 12.6. The zero-order valence-corrected chi connectivity index (χ0v) is 26.4. The number of hydrogen-bond acceptors (Lipinski definition) is 7. The van der Waals surface area contributed by atoms with Gasteiger partial charge in [0.05, 0.1) is 21.2 Å². The molecule has 1 fully saturated rings. The first-order chi connectivity index (χ1) is 22.7. The molecule has 0 aliphatic carbocycles. The van der Waals surface area contributed by atoms with Crippen molar-refractivity contribution in [1.82, 2.24) is 4.90 Å². The molecule has 1 N–H and O–H groups in total. The minimum Gasteiger partial charge on any atom is -0.475 e. The number of carbonyl (C=O) groups excluding carboxylic acids is 1. The number of piperazine rings is 1. The summed E-state index contributed by atoms with van der Waals surface area (Å²) in [6, 6.07) is 28.4. The summed E-state index contributed by atoms with van der Waals surface area (Å²) in [7, 11) is -1.67. The Balaban J connectivity index is 1.27. The third-order valence-electron chi connectivity index (χ3n) is 8.33. The predicted octanol–water partition coefficient (Wildman–Crippen LogP) is 6.08. The number of hydrogen-bond donors (Lipinski definition) is 1. The highest BCUT2D eigenvalue weighted by Crippen LogP contribution is 2.34. The highest BCUT2D eigenvalue weighted by Gasteiger charge is 2.27. The molecule has 1 unspecified atom stereocenters. The Morgan fingerprint density at radius 1 is 0.936 bits per heavy atom. The fourth-order valence-electron chi connectivity index (χ4n) is 5.81. The quantitative estimate of drug-likeness (QED) is 0.142. The first-order valence-corrected chi connectivity index (χ1v) is 16.2. The van der Waals surface area contributed by atoms with E-state index in [4.69, 9.17) is 4.42 Å². The normalized spacial score (nSPS) is 13.8. The first kappa shape index (κ1) is 31.5. The van der Waals surface area contributed by atoms with Gasteiger partial charge in [-0.1, -0.05) is 42.5 Å². The fourth-order valence-corrected chi connectivity index (χ4v) is 7.06. The summed E-state index contributed by atoms with van der Waals surface area (Å²) in [6.45, 7) is 4.07. The maximum Gasteiger partial charge on any atom is 0.372 e. The number of carboxylic acid groups (broad SMARTS) is 1. The Morgan fingerprint density at radius 3 is 2.30 bits per heavy atom. The Bertz CT molecular complexity index is 1970. The number of anilines is 2. The van der Waals surface area contributed by atoms with Crippen molar-refractivity contribution in [2.45, 2.75) is 18.2 Å². The van der Waals surface area contributed by atoms with Gasteiger partial charge in [0, 0.05) is 61.4 Å². The van der Waals surface area contributed by atoms with Gasteiger partial charge in [0.15, 0.2) is 11.0 Å². The van der Waals surface area contributed by atoms with Gasteiger partial charge in [0.2, 0.25) is 5.76 Å². The molecule has 6 rings (SSSR count). The number of nitro benzene ring substituents is 1. The van der Waals surface area contributed by atoms with Crippen LogP contribution in [0, 0.1) is 17.0 Å². The number of nitro groups is 1. The molecule has 0 radical (unpaired) electrons. The van der Waals surface area contributed by atoms with E-state index in [0.717, 1.165) is 16.9 Å². The van der Waals surface area contributed by atoms with Crippen LogP contribution in [0.3, 0.4) is 0 Å². The van der Waals surface area contributed by atoms with Crippen molar-refractivity contribution in [3.63, 3.8) is 0 Å². The number of non-ortho nitro benzene ring substituents is 1. The molecule has 1 atom stereocenters. The Hall–Kier alpha value is -5.49. The van der Waals surface area contributed by atoms with Crippen molar-refractivity contribution >= 4 is 50.9 Å². The number of carbonyl (C=O) groups is 2. The molecule has 47 heavy (non-hydrogen) atoms. The lowest BCUT2D eigenvalue weighted by Gasteiger charge is -2.38. The number of fused-ring (bicyclic) bond motifs is 1. The van der Waals surface area contributed by atoms with E-state index < -0.39 is 21.9 Å². The molecule has 2 heterocycles. The van der Waals surface area contributed by atoms with Crippen molar-refractivity contribution < 1.29 is 28.2 Å². The second kappa shape index (κ2) is 13.5. The summed E-state index contributed by atoms with van der Waals surface area (Å²) < 4.78 is 21.8. The molecule has 4 aromatic carbocycles. The van der Waals surface area contributed by atoms with E-state index in [-0.39, 0.29) is 17.4 Å². The molecule has 1 amide bonds. The van der Waals surface area contributed by atoms with Gasteiger partial charge in [-0.3, -0.25) is 19.2 Å². The standard InChI is InChI=1S/C35H32N4O7S/c1-24-29-23-28(15-16-32(29)46-33(24)35(41)42)47(45)38(18-17-25-7-3-2-4-8-25)31-10-6-5-9-30(31)36-19-21-37(22-20-36)34(40)26-11-13-27(14-12-26)39(43)44/h2-16,23H,17-22H2,1H3,(H,41,42). The topological polar surface area (TPSA) is 137 Å². The molecule has 0 saturated carbocycles. The largest absolute Gasteiger partial charge is 0.475 e. The van der Waals surface area contributed by atoms with Crippen LogP contribution in [0.15, 0.2) is 106 Å². The number of carboxylic acids is 1. The molecule has 1 aromatic heterocycles. The smallest absolute Gasteiger partial charge is 0.372 e. The van der Waals surface area contributed by atoms with Crippen LogP contribution in [0.5, 0.6) is 0 Å². The molecule has 5 aromatic rings. The van der Waals surface area contributed by atoms with E-state index in [1.165, 1.54) is 24.3 Å². The highest BCUT2D eigenvalue weighted by molar-refractivity contribution is 7.86. The van der Waals surface area contributed by atoms with Crippen LogP contribution in [-0.4, -0.2) is 63.7 Å². The molecule has 1 aliphatic heterocycles. The summed E-state index contributed by atoms with van der Waals surface area (Å²) in [4.78, 5) is 39.8. The van der Waals surface area contributed by atoms with Gasteiger partial charge in [0.1, 0.15) is 5.58 Å². The van der Waals surface area contributed by atoms with Crippen molar-refractivity contribution in [1.29, 1.82) is 0 Å². The number of aryl methyl sites for hydroxylation is 1. The molecule has 12 heteroatoms. The van der Waals surface area contributed by atoms with E-state index in [1.807, 2.05) is 58.9 Å². The van der Waals surface area contributed by atoms with Gasteiger partial charge in [-0.25, -0.2) is 9.00 Å². The number of nitrogens with zero attached hydrogens (tertiary/aromatic N) is 4. The third-order valence-corrected chi connectivity index (χ3v) is 9.77. The van der Waals surface area contributed by atoms with Crippen molar-refractivity contribution in [2.24, 2.45) is 0 Å². The Labute approximate surface area is 273 Å². The van der Waals surface area contributed by atoms with E-state index in [0.29, 0.717) is 66.1 Å². The lowest BCUT2D eigenvalue weighted by Crippen LogP contribution is -2.49. The van der Waals surface area contributed by atoms with Crippen LogP contribution in [0.2, 0.25) is 0 Å². The average Bonchev–Trinajstić information content (AvgIpc) is 3.44. The molecule has 240 valence electrons. The minimum atomic E-state index is -1.67. The van der Waals surface area contributed by atoms with Gasteiger partial charge < -0.3 is 19.3 Å². The monoisotopic (exact) mass is 652 g/mol. The SMILES string of the molecule is Cc1c(C(=O)O)oc2ccc(S(=O)N(CCc3ccccc3)c3ccccc3N3CCN(C(=O)c4ccc([N+](=O)[O-])cc4)CC3)cc12. The van der Waals surface area contributed by atoms with E-state index in [2.05, 4.69) is 4.90 Å². The number of aromatic carboxylic acids is 1.